The van der Waals surface area contributed by atoms with Crippen LogP contribution in [0.2, 0.25) is 5.02 Å². The topological polar surface area (TPSA) is 64.6 Å². The maximum Gasteiger partial charge on any atom is 0.316 e. The molecule has 1 N–H and O–H groups in total. The summed E-state index contributed by atoms with van der Waals surface area (Å²) in [6, 6.07) is 10.8. The van der Waals surface area contributed by atoms with Crippen LogP contribution in [0.5, 0.6) is 5.75 Å². The van der Waals surface area contributed by atoms with Crippen molar-refractivity contribution in [2.75, 3.05) is 24.8 Å². The molecule has 0 aliphatic carbocycles. The van der Waals surface area contributed by atoms with Crippen molar-refractivity contribution in [3.63, 3.8) is 0 Å². The van der Waals surface area contributed by atoms with Crippen molar-refractivity contribution in [3.8, 4) is 5.75 Å². The van der Waals surface area contributed by atoms with Crippen molar-refractivity contribution in [2.45, 2.75) is 4.90 Å². The molecule has 5 nitrogen and oxygen atoms in total. The summed E-state index contributed by atoms with van der Waals surface area (Å²) in [5, 5.41) is 2.90. The van der Waals surface area contributed by atoms with Crippen LogP contribution in [0.4, 0.5) is 10.1 Å². The van der Waals surface area contributed by atoms with Gasteiger partial charge in [-0.3, -0.25) is 9.59 Å². The van der Waals surface area contributed by atoms with Crippen LogP contribution >= 0.6 is 23.4 Å². The van der Waals surface area contributed by atoms with Crippen LogP contribution in [0.15, 0.2) is 47.4 Å². The van der Waals surface area contributed by atoms with E-state index >= 15 is 0 Å². The molecule has 0 aliphatic rings. The van der Waals surface area contributed by atoms with E-state index in [-0.39, 0.29) is 5.75 Å². The molecule has 0 aromatic heterocycles. The van der Waals surface area contributed by atoms with Crippen LogP contribution in [0.1, 0.15) is 0 Å². The number of hydrogen-bond donors (Lipinski definition) is 1. The van der Waals surface area contributed by atoms with Gasteiger partial charge in [-0.25, -0.2) is 4.39 Å². The van der Waals surface area contributed by atoms with Gasteiger partial charge in [-0.1, -0.05) is 23.7 Å². The molecular formula is C17H15ClFNO4S. The molecule has 0 saturated heterocycles. The lowest BCUT2D eigenvalue weighted by molar-refractivity contribution is -0.144. The van der Waals surface area contributed by atoms with E-state index < -0.39 is 24.3 Å². The van der Waals surface area contributed by atoms with Crippen LogP contribution in [-0.2, 0) is 14.3 Å². The fourth-order valence-corrected chi connectivity index (χ4v) is 2.82. The first kappa shape index (κ1) is 19.1. The van der Waals surface area contributed by atoms with Gasteiger partial charge in [0.25, 0.3) is 5.91 Å². The lowest BCUT2D eigenvalue weighted by Crippen LogP contribution is -2.21. The SMILES string of the molecule is COc1ccc(NC(=O)COC(=O)CSc2ccccc2F)cc1Cl. The molecule has 1 amide bonds. The number of nitrogens with one attached hydrogen (secondary N) is 1. The van der Waals surface area contributed by atoms with E-state index in [1.54, 1.807) is 30.3 Å². The van der Waals surface area contributed by atoms with Gasteiger partial charge in [-0.2, -0.15) is 0 Å². The molecule has 2 aromatic rings. The number of carbonyl (C=O) groups is 2. The number of anilines is 1. The van der Waals surface area contributed by atoms with E-state index in [2.05, 4.69) is 5.32 Å². The molecule has 0 saturated carbocycles. The summed E-state index contributed by atoms with van der Waals surface area (Å²) < 4.78 is 23.3. The minimum atomic E-state index is -0.615. The third-order valence-electron chi connectivity index (χ3n) is 2.98. The highest BCUT2D eigenvalue weighted by molar-refractivity contribution is 8.00. The third kappa shape index (κ3) is 5.95. The third-order valence-corrected chi connectivity index (χ3v) is 4.30. The van der Waals surface area contributed by atoms with Crippen molar-refractivity contribution in [1.82, 2.24) is 0 Å². The number of hydrogen-bond acceptors (Lipinski definition) is 5. The molecule has 0 spiro atoms. The van der Waals surface area contributed by atoms with E-state index in [4.69, 9.17) is 21.1 Å². The quantitative estimate of drug-likeness (QED) is 0.582. The Kier molecular flexibility index (Phi) is 7.09. The molecule has 0 heterocycles. The minimum absolute atomic E-state index is 0.0947. The number of thioether (sulfide) groups is 1. The largest absolute Gasteiger partial charge is 0.495 e. The van der Waals surface area contributed by atoms with Gasteiger partial charge in [0.1, 0.15) is 11.6 Å². The molecule has 0 radical (unpaired) electrons. The van der Waals surface area contributed by atoms with E-state index in [1.165, 1.54) is 19.2 Å². The van der Waals surface area contributed by atoms with Gasteiger partial charge in [-0.05, 0) is 30.3 Å². The first-order chi connectivity index (χ1) is 12.0. The number of amides is 1. The number of methoxy groups -OCH3 is 1. The normalized spacial score (nSPS) is 10.2. The Morgan fingerprint density at radius 1 is 1.24 bits per heavy atom. The van der Waals surface area contributed by atoms with Gasteiger partial charge in [-0.15, -0.1) is 11.8 Å². The van der Waals surface area contributed by atoms with Crippen LogP contribution in [-0.4, -0.2) is 31.3 Å². The number of ether oxygens (including phenoxy) is 2. The Balaban J connectivity index is 1.76. The summed E-state index contributed by atoms with van der Waals surface area (Å²) in [5.74, 6) is -1.14. The monoisotopic (exact) mass is 383 g/mol. The van der Waals surface area contributed by atoms with E-state index in [0.717, 1.165) is 11.8 Å². The maximum atomic E-state index is 13.4. The standard InChI is InChI=1S/C17H15ClFNO4S/c1-23-14-7-6-11(8-12(14)18)20-16(21)9-24-17(22)10-25-15-5-3-2-4-13(15)19/h2-8H,9-10H2,1H3,(H,20,21). The van der Waals surface area contributed by atoms with Crippen LogP contribution < -0.4 is 10.1 Å². The van der Waals surface area contributed by atoms with Crippen LogP contribution in [0, 0.1) is 5.82 Å². The van der Waals surface area contributed by atoms with E-state index in [9.17, 15) is 14.0 Å². The predicted octanol–water partition coefficient (Wildman–Crippen LogP) is 3.76. The molecule has 8 heteroatoms. The smallest absolute Gasteiger partial charge is 0.316 e. The summed E-state index contributed by atoms with van der Waals surface area (Å²) in [6.07, 6.45) is 0. The fourth-order valence-electron chi connectivity index (χ4n) is 1.83. The Morgan fingerprint density at radius 2 is 2.00 bits per heavy atom. The average Bonchev–Trinajstić information content (AvgIpc) is 2.59. The first-order valence-electron chi connectivity index (χ1n) is 7.16. The van der Waals surface area contributed by atoms with Gasteiger partial charge in [0.05, 0.1) is 17.9 Å². The van der Waals surface area contributed by atoms with Gasteiger partial charge >= 0.3 is 5.97 Å². The Morgan fingerprint density at radius 3 is 2.68 bits per heavy atom. The highest BCUT2D eigenvalue weighted by Crippen LogP contribution is 2.27. The molecule has 132 valence electrons. The number of benzene rings is 2. The number of esters is 1. The van der Waals surface area contributed by atoms with Crippen molar-refractivity contribution >= 4 is 40.9 Å². The van der Waals surface area contributed by atoms with Crippen molar-refractivity contribution in [3.05, 3.63) is 53.3 Å². The zero-order valence-electron chi connectivity index (χ0n) is 13.3. The summed E-state index contributed by atoms with van der Waals surface area (Å²) in [4.78, 5) is 23.8. The predicted molar refractivity (Wildman–Crippen MR) is 94.7 cm³/mol. The average molecular weight is 384 g/mol. The second kappa shape index (κ2) is 9.29. The van der Waals surface area contributed by atoms with Gasteiger partial charge in [0.2, 0.25) is 0 Å². The number of carbonyl (C=O) groups excluding carboxylic acids is 2. The molecule has 0 unspecified atom stereocenters. The van der Waals surface area contributed by atoms with Crippen molar-refractivity contribution < 1.29 is 23.5 Å². The first-order valence-corrected chi connectivity index (χ1v) is 8.52. The summed E-state index contributed by atoms with van der Waals surface area (Å²) in [5.41, 5.74) is 0.451. The van der Waals surface area contributed by atoms with Crippen LogP contribution in [0.3, 0.4) is 0 Å². The zero-order chi connectivity index (χ0) is 18.2. The van der Waals surface area contributed by atoms with E-state index in [0.29, 0.717) is 21.4 Å². The lowest BCUT2D eigenvalue weighted by atomic mass is 10.3. The molecule has 0 bridgehead atoms. The van der Waals surface area contributed by atoms with E-state index in [1.807, 2.05) is 0 Å². The van der Waals surface area contributed by atoms with Gasteiger partial charge in [0, 0.05) is 10.6 Å². The minimum Gasteiger partial charge on any atom is -0.495 e. The van der Waals surface area contributed by atoms with Gasteiger partial charge < -0.3 is 14.8 Å². The summed E-state index contributed by atoms with van der Waals surface area (Å²) in [7, 11) is 1.48. The van der Waals surface area contributed by atoms with Crippen LogP contribution in [0.25, 0.3) is 0 Å². The molecule has 0 aliphatic heterocycles. The van der Waals surface area contributed by atoms with Gasteiger partial charge in [0.15, 0.2) is 6.61 Å². The molecule has 0 atom stereocenters. The Labute approximate surface area is 153 Å². The molecule has 0 fully saturated rings. The fraction of sp³-hybridized carbons (Fsp3) is 0.176. The number of halogens is 2. The van der Waals surface area contributed by atoms with Crippen molar-refractivity contribution in [1.29, 1.82) is 0 Å². The Bertz CT molecular complexity index is 772. The molecular weight excluding hydrogens is 369 g/mol. The lowest BCUT2D eigenvalue weighted by Gasteiger charge is -2.08. The highest BCUT2D eigenvalue weighted by atomic mass is 35.5. The zero-order valence-corrected chi connectivity index (χ0v) is 14.8. The summed E-state index contributed by atoms with van der Waals surface area (Å²) >= 11 is 6.96. The number of rotatable bonds is 7. The maximum absolute atomic E-state index is 13.4. The van der Waals surface area contributed by atoms with Crippen molar-refractivity contribution in [2.24, 2.45) is 0 Å². The molecule has 2 rings (SSSR count). The highest BCUT2D eigenvalue weighted by Gasteiger charge is 2.11. The summed E-state index contributed by atoms with van der Waals surface area (Å²) in [6.45, 7) is -0.444. The molecule has 2 aromatic carbocycles. The Hall–Kier alpha value is -2.25. The molecule has 25 heavy (non-hydrogen) atoms. The second-order valence-electron chi connectivity index (χ2n) is 4.78. The second-order valence-corrected chi connectivity index (χ2v) is 6.20.